The molecule has 0 spiro atoms. The summed E-state index contributed by atoms with van der Waals surface area (Å²) in [6, 6.07) is 0.147. The Kier molecular flexibility index (Phi) is 4.14. The van der Waals surface area contributed by atoms with Gasteiger partial charge in [-0.05, 0) is 12.8 Å². The van der Waals surface area contributed by atoms with Gasteiger partial charge in [0.2, 0.25) is 5.91 Å². The van der Waals surface area contributed by atoms with Crippen LogP contribution in [0.1, 0.15) is 36.3 Å². The number of amides is 2. The summed E-state index contributed by atoms with van der Waals surface area (Å²) in [6.45, 7) is 2.71. The third-order valence-corrected chi connectivity index (χ3v) is 4.26. The first-order valence-electron chi connectivity index (χ1n) is 7.00. The fraction of sp³-hybridized carbons (Fsp3) is 0.462. The number of carbonyl (C=O) groups excluding carboxylic acids is 2. The van der Waals surface area contributed by atoms with Gasteiger partial charge in [-0.1, -0.05) is 0 Å². The van der Waals surface area contributed by atoms with E-state index in [0.29, 0.717) is 23.9 Å². The SMILES string of the molecule is CC(=O)Nc1nc(C(=O)N2CCC[C@H](n3cncn3)C2)cs1. The van der Waals surface area contributed by atoms with Crippen LogP contribution in [0.25, 0.3) is 0 Å². The molecule has 22 heavy (non-hydrogen) atoms. The topological polar surface area (TPSA) is 93.0 Å². The molecule has 0 aliphatic carbocycles. The highest BCUT2D eigenvalue weighted by Gasteiger charge is 2.27. The molecule has 2 amide bonds. The molecular weight excluding hydrogens is 304 g/mol. The third kappa shape index (κ3) is 3.14. The van der Waals surface area contributed by atoms with E-state index < -0.39 is 0 Å². The Morgan fingerprint density at radius 1 is 1.45 bits per heavy atom. The molecule has 1 saturated heterocycles. The molecule has 9 heteroatoms. The van der Waals surface area contributed by atoms with Crippen molar-refractivity contribution in [3.63, 3.8) is 0 Å². The second-order valence-corrected chi connectivity index (χ2v) is 6.00. The van der Waals surface area contributed by atoms with Crippen LogP contribution in [0, 0.1) is 0 Å². The van der Waals surface area contributed by atoms with Crippen molar-refractivity contribution in [1.82, 2.24) is 24.6 Å². The Bertz CT molecular complexity index is 668. The van der Waals surface area contributed by atoms with Gasteiger partial charge in [0, 0.05) is 25.4 Å². The number of nitrogens with zero attached hydrogens (tertiary/aromatic N) is 5. The molecule has 0 unspecified atom stereocenters. The molecule has 2 aromatic rings. The van der Waals surface area contributed by atoms with Crippen molar-refractivity contribution in [1.29, 1.82) is 0 Å². The van der Waals surface area contributed by atoms with Crippen LogP contribution in [0.4, 0.5) is 5.13 Å². The smallest absolute Gasteiger partial charge is 0.273 e. The van der Waals surface area contributed by atoms with Gasteiger partial charge < -0.3 is 10.2 Å². The van der Waals surface area contributed by atoms with Crippen molar-refractivity contribution in [3.8, 4) is 0 Å². The predicted octanol–water partition coefficient (Wildman–Crippen LogP) is 1.17. The summed E-state index contributed by atoms with van der Waals surface area (Å²) < 4.78 is 1.79. The van der Waals surface area contributed by atoms with Crippen molar-refractivity contribution in [2.45, 2.75) is 25.8 Å². The van der Waals surface area contributed by atoms with Crippen molar-refractivity contribution >= 4 is 28.3 Å². The van der Waals surface area contributed by atoms with E-state index in [9.17, 15) is 9.59 Å². The number of thiazole rings is 1. The second-order valence-electron chi connectivity index (χ2n) is 5.14. The zero-order valence-corrected chi connectivity index (χ0v) is 12.9. The summed E-state index contributed by atoms with van der Waals surface area (Å²) in [5.74, 6) is -0.310. The van der Waals surface area contributed by atoms with E-state index in [-0.39, 0.29) is 17.9 Å². The minimum atomic E-state index is -0.197. The van der Waals surface area contributed by atoms with Gasteiger partial charge in [0.15, 0.2) is 5.13 Å². The molecule has 3 heterocycles. The summed E-state index contributed by atoms with van der Waals surface area (Å²) in [5.41, 5.74) is 0.369. The van der Waals surface area contributed by atoms with E-state index in [2.05, 4.69) is 20.4 Å². The first-order chi connectivity index (χ1) is 10.6. The Balaban J connectivity index is 1.69. The number of aromatic nitrogens is 4. The average Bonchev–Trinajstić information content (AvgIpc) is 3.17. The second kappa shape index (κ2) is 6.22. The number of rotatable bonds is 3. The van der Waals surface area contributed by atoms with Gasteiger partial charge in [-0.25, -0.2) is 14.6 Å². The molecule has 0 radical (unpaired) electrons. The van der Waals surface area contributed by atoms with Gasteiger partial charge in [0.05, 0.1) is 6.04 Å². The highest BCUT2D eigenvalue weighted by atomic mass is 32.1. The molecular formula is C13H16N6O2S. The van der Waals surface area contributed by atoms with E-state index in [1.54, 1.807) is 21.3 Å². The van der Waals surface area contributed by atoms with Crippen LogP contribution in [-0.2, 0) is 4.79 Å². The average molecular weight is 320 g/mol. The number of piperidine rings is 1. The van der Waals surface area contributed by atoms with E-state index in [0.717, 1.165) is 12.8 Å². The maximum atomic E-state index is 12.5. The summed E-state index contributed by atoms with van der Waals surface area (Å²) in [6.07, 6.45) is 5.07. The fourth-order valence-electron chi connectivity index (χ4n) is 2.50. The lowest BCUT2D eigenvalue weighted by atomic mass is 10.1. The molecule has 8 nitrogen and oxygen atoms in total. The van der Waals surface area contributed by atoms with Crippen LogP contribution in [0.5, 0.6) is 0 Å². The van der Waals surface area contributed by atoms with E-state index in [1.807, 2.05) is 0 Å². The Hall–Kier alpha value is -2.29. The minimum absolute atomic E-state index is 0.113. The molecule has 3 rings (SSSR count). The predicted molar refractivity (Wildman–Crippen MR) is 80.6 cm³/mol. The largest absolute Gasteiger partial charge is 0.335 e. The van der Waals surface area contributed by atoms with Gasteiger partial charge >= 0.3 is 0 Å². The summed E-state index contributed by atoms with van der Waals surface area (Å²) in [4.78, 5) is 33.4. The number of likely N-dealkylation sites (tertiary alicyclic amines) is 1. The van der Waals surface area contributed by atoms with Crippen molar-refractivity contribution in [2.24, 2.45) is 0 Å². The van der Waals surface area contributed by atoms with Crippen LogP contribution in [0.3, 0.4) is 0 Å². The van der Waals surface area contributed by atoms with Crippen molar-refractivity contribution in [3.05, 3.63) is 23.7 Å². The first kappa shape index (κ1) is 14.6. The minimum Gasteiger partial charge on any atom is -0.335 e. The lowest BCUT2D eigenvalue weighted by Gasteiger charge is -2.32. The summed E-state index contributed by atoms with van der Waals surface area (Å²) in [5, 5.41) is 8.86. The number of carbonyl (C=O) groups is 2. The lowest BCUT2D eigenvalue weighted by molar-refractivity contribution is -0.114. The number of anilines is 1. The van der Waals surface area contributed by atoms with Crippen LogP contribution in [0.2, 0.25) is 0 Å². The van der Waals surface area contributed by atoms with Crippen LogP contribution < -0.4 is 5.32 Å². The molecule has 0 saturated carbocycles. The zero-order chi connectivity index (χ0) is 15.5. The molecule has 1 aliphatic heterocycles. The van der Waals surface area contributed by atoms with Gasteiger partial charge in [-0.2, -0.15) is 5.10 Å². The van der Waals surface area contributed by atoms with Crippen LogP contribution in [0.15, 0.2) is 18.0 Å². The zero-order valence-electron chi connectivity index (χ0n) is 12.1. The maximum absolute atomic E-state index is 12.5. The molecule has 1 fully saturated rings. The van der Waals surface area contributed by atoms with Crippen molar-refractivity contribution < 1.29 is 9.59 Å². The number of hydrogen-bond acceptors (Lipinski definition) is 6. The molecule has 0 bridgehead atoms. The molecule has 1 N–H and O–H groups in total. The first-order valence-corrected chi connectivity index (χ1v) is 7.88. The van der Waals surface area contributed by atoms with Gasteiger partial charge in [-0.15, -0.1) is 11.3 Å². The maximum Gasteiger partial charge on any atom is 0.273 e. The standard InChI is InChI=1S/C13H16N6O2S/c1-9(20)16-13-17-11(6-22-13)12(21)18-4-2-3-10(5-18)19-8-14-7-15-19/h6-8,10H,2-5H2,1H3,(H,16,17,20)/t10-/m0/s1. The van der Waals surface area contributed by atoms with E-state index >= 15 is 0 Å². The van der Waals surface area contributed by atoms with Crippen molar-refractivity contribution in [2.75, 3.05) is 18.4 Å². The quantitative estimate of drug-likeness (QED) is 0.916. The van der Waals surface area contributed by atoms with E-state index in [4.69, 9.17) is 0 Å². The van der Waals surface area contributed by atoms with Gasteiger partial charge in [0.1, 0.15) is 18.3 Å². The summed E-state index contributed by atoms with van der Waals surface area (Å²) >= 11 is 1.25. The Morgan fingerprint density at radius 3 is 3.05 bits per heavy atom. The lowest BCUT2D eigenvalue weighted by Crippen LogP contribution is -2.41. The molecule has 1 aliphatic rings. The molecule has 1 atom stereocenters. The molecule has 0 aromatic carbocycles. The highest BCUT2D eigenvalue weighted by molar-refractivity contribution is 7.14. The van der Waals surface area contributed by atoms with Crippen LogP contribution in [-0.4, -0.2) is 49.6 Å². The monoisotopic (exact) mass is 320 g/mol. The molecule has 116 valence electrons. The normalized spacial score (nSPS) is 18.2. The number of nitrogens with one attached hydrogen (secondary N) is 1. The van der Waals surface area contributed by atoms with Gasteiger partial charge in [0.25, 0.3) is 5.91 Å². The number of hydrogen-bond donors (Lipinski definition) is 1. The Morgan fingerprint density at radius 2 is 2.32 bits per heavy atom. The highest BCUT2D eigenvalue weighted by Crippen LogP contribution is 2.23. The van der Waals surface area contributed by atoms with Gasteiger partial charge in [-0.3, -0.25) is 9.59 Å². The molecule has 2 aromatic heterocycles. The summed E-state index contributed by atoms with van der Waals surface area (Å²) in [7, 11) is 0. The fourth-order valence-corrected chi connectivity index (χ4v) is 3.23. The van der Waals surface area contributed by atoms with Crippen LogP contribution >= 0.6 is 11.3 Å². The third-order valence-electron chi connectivity index (χ3n) is 3.50. The van der Waals surface area contributed by atoms with E-state index in [1.165, 1.54) is 24.6 Å². The Labute approximate surface area is 131 Å².